The number of aromatic nitrogens is 2. The van der Waals surface area contributed by atoms with E-state index in [2.05, 4.69) is 11.9 Å². The Kier molecular flexibility index (Phi) is 4.29. The van der Waals surface area contributed by atoms with Gasteiger partial charge in [-0.2, -0.15) is 0 Å². The summed E-state index contributed by atoms with van der Waals surface area (Å²) in [4.78, 5) is 20.5. The summed E-state index contributed by atoms with van der Waals surface area (Å²) in [6, 6.07) is 6.60. The second-order valence-corrected chi connectivity index (χ2v) is 7.30. The minimum Gasteiger partial charge on any atom is -0.334 e. The standard InChI is InChI=1S/C19H20FN3OS/c1-2-15-5-3-4-10-22(15)18(24)17-12-25-19-21-16(11-23(17)19)13-6-8-14(20)9-7-13/h6-9,11-12,15H,2-5,10H2,1H3. The molecule has 0 N–H and O–H groups in total. The fourth-order valence-corrected chi connectivity index (χ4v) is 4.38. The van der Waals surface area contributed by atoms with E-state index in [1.807, 2.05) is 20.9 Å². The number of hydrogen-bond donors (Lipinski definition) is 0. The van der Waals surface area contributed by atoms with Gasteiger partial charge in [-0.15, -0.1) is 11.3 Å². The van der Waals surface area contributed by atoms with Gasteiger partial charge in [0.25, 0.3) is 5.91 Å². The van der Waals surface area contributed by atoms with E-state index in [1.165, 1.54) is 29.9 Å². The van der Waals surface area contributed by atoms with E-state index >= 15 is 0 Å². The zero-order valence-electron chi connectivity index (χ0n) is 14.1. The van der Waals surface area contributed by atoms with Crippen molar-refractivity contribution >= 4 is 22.2 Å². The molecule has 4 rings (SSSR count). The molecular weight excluding hydrogens is 337 g/mol. The molecule has 6 heteroatoms. The van der Waals surface area contributed by atoms with Gasteiger partial charge in [0.05, 0.1) is 5.69 Å². The van der Waals surface area contributed by atoms with Crippen molar-refractivity contribution in [2.75, 3.05) is 6.54 Å². The molecule has 0 saturated carbocycles. The van der Waals surface area contributed by atoms with Crippen molar-refractivity contribution in [1.29, 1.82) is 0 Å². The predicted octanol–water partition coefficient (Wildman–Crippen LogP) is 4.61. The Morgan fingerprint density at radius 3 is 2.88 bits per heavy atom. The van der Waals surface area contributed by atoms with Gasteiger partial charge in [0.15, 0.2) is 4.96 Å². The van der Waals surface area contributed by atoms with Gasteiger partial charge in [0.2, 0.25) is 0 Å². The molecular formula is C19H20FN3OS. The first kappa shape index (κ1) is 16.3. The maximum Gasteiger partial charge on any atom is 0.271 e. The van der Waals surface area contributed by atoms with E-state index in [4.69, 9.17) is 0 Å². The highest BCUT2D eigenvalue weighted by molar-refractivity contribution is 7.15. The monoisotopic (exact) mass is 357 g/mol. The Balaban J connectivity index is 1.68. The van der Waals surface area contributed by atoms with Crippen LogP contribution in [0.5, 0.6) is 0 Å². The minimum atomic E-state index is -0.267. The van der Waals surface area contributed by atoms with Gasteiger partial charge >= 0.3 is 0 Å². The van der Waals surface area contributed by atoms with Crippen LogP contribution in [0.2, 0.25) is 0 Å². The van der Waals surface area contributed by atoms with Crippen LogP contribution in [0.25, 0.3) is 16.2 Å². The average molecular weight is 357 g/mol. The molecule has 1 fully saturated rings. The SMILES string of the molecule is CCC1CCCCN1C(=O)c1csc2nc(-c3ccc(F)cc3)cn12. The van der Waals surface area contributed by atoms with Gasteiger partial charge in [-0.05, 0) is 49.9 Å². The number of carbonyl (C=O) groups is 1. The number of nitrogens with zero attached hydrogens (tertiary/aromatic N) is 3. The first-order valence-electron chi connectivity index (χ1n) is 8.71. The van der Waals surface area contributed by atoms with Crippen LogP contribution < -0.4 is 0 Å². The zero-order valence-corrected chi connectivity index (χ0v) is 14.9. The van der Waals surface area contributed by atoms with E-state index in [0.29, 0.717) is 11.7 Å². The van der Waals surface area contributed by atoms with Crippen molar-refractivity contribution in [3.8, 4) is 11.3 Å². The molecule has 25 heavy (non-hydrogen) atoms. The normalized spacial score (nSPS) is 18.0. The fourth-order valence-electron chi connectivity index (χ4n) is 3.54. The van der Waals surface area contributed by atoms with Crippen molar-refractivity contribution in [1.82, 2.24) is 14.3 Å². The van der Waals surface area contributed by atoms with Gasteiger partial charge < -0.3 is 4.90 Å². The Morgan fingerprint density at radius 1 is 1.32 bits per heavy atom. The van der Waals surface area contributed by atoms with Crippen molar-refractivity contribution in [2.24, 2.45) is 0 Å². The van der Waals surface area contributed by atoms with Gasteiger partial charge in [0, 0.05) is 29.7 Å². The third kappa shape index (κ3) is 2.95. The molecule has 4 nitrogen and oxygen atoms in total. The maximum atomic E-state index is 13.1. The lowest BCUT2D eigenvalue weighted by atomic mass is 10.00. The van der Waals surface area contributed by atoms with Crippen molar-refractivity contribution < 1.29 is 9.18 Å². The summed E-state index contributed by atoms with van der Waals surface area (Å²) in [5.41, 5.74) is 2.27. The smallest absolute Gasteiger partial charge is 0.271 e. The summed E-state index contributed by atoms with van der Waals surface area (Å²) in [5.74, 6) is -0.183. The molecule has 1 aromatic carbocycles. The number of rotatable bonds is 3. The van der Waals surface area contributed by atoms with Crippen LogP contribution >= 0.6 is 11.3 Å². The van der Waals surface area contributed by atoms with Crippen LogP contribution in [0.1, 0.15) is 43.1 Å². The number of likely N-dealkylation sites (tertiary alicyclic amines) is 1. The lowest BCUT2D eigenvalue weighted by Crippen LogP contribution is -2.43. The average Bonchev–Trinajstić information content (AvgIpc) is 3.22. The lowest BCUT2D eigenvalue weighted by molar-refractivity contribution is 0.0601. The number of amides is 1. The van der Waals surface area contributed by atoms with Crippen LogP contribution in [0, 0.1) is 5.82 Å². The molecule has 0 spiro atoms. The van der Waals surface area contributed by atoms with Crippen molar-refractivity contribution in [2.45, 2.75) is 38.6 Å². The van der Waals surface area contributed by atoms with Crippen molar-refractivity contribution in [3.63, 3.8) is 0 Å². The fraction of sp³-hybridized carbons (Fsp3) is 0.368. The molecule has 3 aromatic rings. The van der Waals surface area contributed by atoms with Crippen LogP contribution in [0.4, 0.5) is 4.39 Å². The van der Waals surface area contributed by atoms with Crippen LogP contribution in [-0.4, -0.2) is 32.8 Å². The number of benzene rings is 1. The number of hydrogen-bond acceptors (Lipinski definition) is 3. The molecule has 1 aliphatic heterocycles. The molecule has 0 aliphatic carbocycles. The lowest BCUT2D eigenvalue weighted by Gasteiger charge is -2.35. The highest BCUT2D eigenvalue weighted by atomic mass is 32.1. The van der Waals surface area contributed by atoms with Crippen molar-refractivity contribution in [3.05, 3.63) is 47.4 Å². The molecule has 0 radical (unpaired) electrons. The summed E-state index contributed by atoms with van der Waals surface area (Å²) >= 11 is 1.46. The van der Waals surface area contributed by atoms with E-state index in [1.54, 1.807) is 12.1 Å². The molecule has 1 saturated heterocycles. The third-order valence-electron chi connectivity index (χ3n) is 4.93. The molecule has 1 unspecified atom stereocenters. The maximum absolute atomic E-state index is 13.1. The summed E-state index contributed by atoms with van der Waals surface area (Å²) in [6.45, 7) is 2.97. The second kappa shape index (κ2) is 6.59. The molecule has 0 bridgehead atoms. The summed E-state index contributed by atoms with van der Waals surface area (Å²) < 4.78 is 15.0. The molecule has 2 aromatic heterocycles. The summed E-state index contributed by atoms with van der Waals surface area (Å²) in [5, 5.41) is 1.89. The minimum absolute atomic E-state index is 0.0841. The van der Waals surface area contributed by atoms with Gasteiger partial charge in [0.1, 0.15) is 11.5 Å². The number of imidazole rings is 1. The Bertz CT molecular complexity index is 899. The molecule has 1 amide bonds. The number of thiazole rings is 1. The molecule has 1 aliphatic rings. The molecule has 130 valence electrons. The summed E-state index contributed by atoms with van der Waals surface area (Å²) in [6.07, 6.45) is 6.21. The third-order valence-corrected chi connectivity index (χ3v) is 5.77. The molecule has 1 atom stereocenters. The number of carbonyl (C=O) groups excluding carboxylic acids is 1. The van der Waals surface area contributed by atoms with Crippen LogP contribution in [0.15, 0.2) is 35.8 Å². The first-order valence-corrected chi connectivity index (χ1v) is 9.59. The predicted molar refractivity (Wildman–Crippen MR) is 97.4 cm³/mol. The topological polar surface area (TPSA) is 37.6 Å². The number of fused-ring (bicyclic) bond motifs is 1. The van der Waals surface area contributed by atoms with Gasteiger partial charge in [-0.1, -0.05) is 6.92 Å². The summed E-state index contributed by atoms with van der Waals surface area (Å²) in [7, 11) is 0. The van der Waals surface area contributed by atoms with E-state index in [-0.39, 0.29) is 11.7 Å². The highest BCUT2D eigenvalue weighted by Crippen LogP contribution is 2.27. The number of halogens is 1. The zero-order chi connectivity index (χ0) is 17.4. The second-order valence-electron chi connectivity index (χ2n) is 6.46. The van der Waals surface area contributed by atoms with Gasteiger partial charge in [-0.25, -0.2) is 9.37 Å². The highest BCUT2D eigenvalue weighted by Gasteiger charge is 2.28. The first-order chi connectivity index (χ1) is 12.2. The Hall–Kier alpha value is -2.21. The van der Waals surface area contributed by atoms with Crippen LogP contribution in [-0.2, 0) is 0 Å². The largest absolute Gasteiger partial charge is 0.334 e. The van der Waals surface area contributed by atoms with E-state index in [9.17, 15) is 9.18 Å². The quantitative estimate of drug-likeness (QED) is 0.687. The van der Waals surface area contributed by atoms with Gasteiger partial charge in [-0.3, -0.25) is 9.20 Å². The Morgan fingerprint density at radius 2 is 2.12 bits per heavy atom. The number of piperidine rings is 1. The van der Waals surface area contributed by atoms with E-state index < -0.39 is 0 Å². The van der Waals surface area contributed by atoms with E-state index in [0.717, 1.165) is 42.0 Å². The Labute approximate surface area is 149 Å². The molecule has 3 heterocycles. The van der Waals surface area contributed by atoms with Crippen LogP contribution in [0.3, 0.4) is 0 Å².